The Labute approximate surface area is 120 Å². The van der Waals surface area contributed by atoms with Crippen molar-refractivity contribution in [1.82, 2.24) is 9.97 Å². The van der Waals surface area contributed by atoms with Crippen LogP contribution in [0.25, 0.3) is 10.9 Å². The second-order valence-electron chi connectivity index (χ2n) is 4.76. The van der Waals surface area contributed by atoms with Gasteiger partial charge in [0.2, 0.25) is 5.91 Å². The van der Waals surface area contributed by atoms with Crippen LogP contribution in [0.5, 0.6) is 0 Å². The zero-order valence-corrected chi connectivity index (χ0v) is 11.1. The third-order valence-electron chi connectivity index (χ3n) is 3.20. The molecule has 4 nitrogen and oxygen atoms in total. The Morgan fingerprint density at radius 1 is 1.14 bits per heavy atom. The van der Waals surface area contributed by atoms with Crippen molar-refractivity contribution in [2.45, 2.75) is 6.42 Å². The molecule has 104 valence electrons. The van der Waals surface area contributed by atoms with Crippen LogP contribution < -0.4 is 5.73 Å². The number of nitrogens with two attached hydrogens (primary N) is 1. The lowest BCUT2D eigenvalue weighted by atomic mass is 10.1. The summed E-state index contributed by atoms with van der Waals surface area (Å²) in [5.74, 6) is -0.850. The molecule has 0 radical (unpaired) electrons. The number of benzene rings is 1. The molecule has 0 spiro atoms. The minimum absolute atomic E-state index is 0.367. The van der Waals surface area contributed by atoms with E-state index in [9.17, 15) is 9.18 Å². The van der Waals surface area contributed by atoms with E-state index in [2.05, 4.69) is 9.97 Å². The second kappa shape index (κ2) is 5.28. The number of aromatic nitrogens is 2. The summed E-state index contributed by atoms with van der Waals surface area (Å²) >= 11 is 0. The monoisotopic (exact) mass is 281 g/mol. The third kappa shape index (κ3) is 2.86. The first-order chi connectivity index (χ1) is 10.1. The largest absolute Gasteiger partial charge is 0.366 e. The summed E-state index contributed by atoms with van der Waals surface area (Å²) in [4.78, 5) is 19.4. The Kier molecular flexibility index (Phi) is 3.31. The highest BCUT2D eigenvalue weighted by molar-refractivity contribution is 5.92. The van der Waals surface area contributed by atoms with Crippen LogP contribution in [0.3, 0.4) is 0 Å². The molecule has 3 aromatic rings. The van der Waals surface area contributed by atoms with Gasteiger partial charge >= 0.3 is 0 Å². The third-order valence-corrected chi connectivity index (χ3v) is 3.20. The molecule has 2 aromatic heterocycles. The van der Waals surface area contributed by atoms with Crippen molar-refractivity contribution in [3.8, 4) is 0 Å². The van der Waals surface area contributed by atoms with E-state index in [4.69, 9.17) is 5.73 Å². The predicted molar refractivity (Wildman–Crippen MR) is 77.3 cm³/mol. The Morgan fingerprint density at radius 2 is 2.00 bits per heavy atom. The van der Waals surface area contributed by atoms with Crippen LogP contribution in [-0.2, 0) is 6.42 Å². The van der Waals surface area contributed by atoms with Gasteiger partial charge in [-0.2, -0.15) is 0 Å². The number of hydrogen-bond acceptors (Lipinski definition) is 3. The molecule has 1 aromatic carbocycles. The molecule has 0 saturated heterocycles. The van der Waals surface area contributed by atoms with Crippen molar-refractivity contribution in [3.05, 3.63) is 71.4 Å². The SMILES string of the molecule is NC(=O)c1ccnc(Cc2ccc3ncc(F)cc3c2)c1. The maximum absolute atomic E-state index is 13.2. The first kappa shape index (κ1) is 13.2. The highest BCUT2D eigenvalue weighted by Crippen LogP contribution is 2.17. The summed E-state index contributed by atoms with van der Waals surface area (Å²) in [6.45, 7) is 0. The Hall–Kier alpha value is -2.82. The van der Waals surface area contributed by atoms with Gasteiger partial charge in [-0.25, -0.2) is 4.39 Å². The second-order valence-corrected chi connectivity index (χ2v) is 4.76. The summed E-state index contributed by atoms with van der Waals surface area (Å²) in [5.41, 5.74) is 8.10. The summed E-state index contributed by atoms with van der Waals surface area (Å²) < 4.78 is 13.2. The molecular formula is C16H12FN3O. The molecule has 2 heterocycles. The first-order valence-electron chi connectivity index (χ1n) is 6.41. The van der Waals surface area contributed by atoms with Gasteiger partial charge in [0.15, 0.2) is 0 Å². The van der Waals surface area contributed by atoms with Gasteiger partial charge in [-0.1, -0.05) is 6.07 Å². The Morgan fingerprint density at radius 3 is 2.81 bits per heavy atom. The zero-order chi connectivity index (χ0) is 14.8. The van der Waals surface area contributed by atoms with E-state index >= 15 is 0 Å². The fourth-order valence-corrected chi connectivity index (χ4v) is 2.20. The zero-order valence-electron chi connectivity index (χ0n) is 11.1. The average molecular weight is 281 g/mol. The van der Waals surface area contributed by atoms with E-state index in [1.807, 2.05) is 18.2 Å². The Balaban J connectivity index is 1.94. The Bertz CT molecular complexity index is 833. The fraction of sp³-hybridized carbons (Fsp3) is 0.0625. The van der Waals surface area contributed by atoms with E-state index in [1.165, 1.54) is 12.3 Å². The van der Waals surface area contributed by atoms with Crippen molar-refractivity contribution in [2.75, 3.05) is 0 Å². The highest BCUT2D eigenvalue weighted by Gasteiger charge is 2.05. The fourth-order valence-electron chi connectivity index (χ4n) is 2.20. The van der Waals surface area contributed by atoms with Crippen molar-refractivity contribution < 1.29 is 9.18 Å². The number of amides is 1. The number of primary amides is 1. The smallest absolute Gasteiger partial charge is 0.248 e. The highest BCUT2D eigenvalue weighted by atomic mass is 19.1. The molecule has 0 aliphatic heterocycles. The summed E-state index contributed by atoms with van der Waals surface area (Å²) in [5, 5.41) is 0.735. The van der Waals surface area contributed by atoms with Gasteiger partial charge in [0.1, 0.15) is 5.82 Å². The number of rotatable bonds is 3. The lowest BCUT2D eigenvalue weighted by molar-refractivity contribution is 0.1000. The van der Waals surface area contributed by atoms with Gasteiger partial charge < -0.3 is 5.73 Å². The molecule has 0 fully saturated rings. The van der Waals surface area contributed by atoms with Gasteiger partial charge in [0, 0.05) is 29.3 Å². The van der Waals surface area contributed by atoms with Gasteiger partial charge in [0.05, 0.1) is 11.7 Å². The molecule has 1 amide bonds. The molecule has 3 rings (SSSR count). The van der Waals surface area contributed by atoms with E-state index in [0.717, 1.165) is 22.2 Å². The van der Waals surface area contributed by atoms with Gasteiger partial charge in [-0.05, 0) is 35.9 Å². The van der Waals surface area contributed by atoms with Crippen LogP contribution in [0.4, 0.5) is 4.39 Å². The van der Waals surface area contributed by atoms with E-state index in [1.54, 1.807) is 18.3 Å². The summed E-state index contributed by atoms with van der Waals surface area (Å²) in [6.07, 6.45) is 3.28. The molecule has 0 atom stereocenters. The molecule has 2 N–H and O–H groups in total. The van der Waals surface area contributed by atoms with Crippen molar-refractivity contribution in [1.29, 1.82) is 0 Å². The number of halogens is 1. The van der Waals surface area contributed by atoms with Crippen LogP contribution in [-0.4, -0.2) is 15.9 Å². The van der Waals surface area contributed by atoms with Crippen LogP contribution in [0.2, 0.25) is 0 Å². The van der Waals surface area contributed by atoms with Gasteiger partial charge in [0.25, 0.3) is 0 Å². The van der Waals surface area contributed by atoms with Crippen molar-refractivity contribution in [3.63, 3.8) is 0 Å². The van der Waals surface area contributed by atoms with Crippen molar-refractivity contribution in [2.24, 2.45) is 5.73 Å². The number of fused-ring (bicyclic) bond motifs is 1. The van der Waals surface area contributed by atoms with Crippen molar-refractivity contribution >= 4 is 16.8 Å². The topological polar surface area (TPSA) is 68.9 Å². The lowest BCUT2D eigenvalue weighted by Crippen LogP contribution is -2.11. The van der Waals surface area contributed by atoms with Gasteiger partial charge in [-0.3, -0.25) is 14.8 Å². The van der Waals surface area contributed by atoms with Crippen LogP contribution in [0.15, 0.2) is 48.8 Å². The molecule has 0 unspecified atom stereocenters. The predicted octanol–water partition coefficient (Wildman–Crippen LogP) is 2.46. The normalized spacial score (nSPS) is 10.7. The molecular weight excluding hydrogens is 269 g/mol. The van der Waals surface area contributed by atoms with Crippen LogP contribution in [0.1, 0.15) is 21.6 Å². The number of carbonyl (C=O) groups excluding carboxylic acids is 1. The summed E-state index contributed by atoms with van der Waals surface area (Å²) in [6, 6.07) is 10.3. The van der Waals surface area contributed by atoms with Crippen LogP contribution >= 0.6 is 0 Å². The van der Waals surface area contributed by atoms with E-state index < -0.39 is 5.91 Å². The molecule has 5 heteroatoms. The lowest BCUT2D eigenvalue weighted by Gasteiger charge is -2.04. The minimum atomic E-state index is -0.483. The van der Waals surface area contributed by atoms with E-state index in [0.29, 0.717) is 12.0 Å². The average Bonchev–Trinajstić information content (AvgIpc) is 2.47. The molecule has 0 aliphatic carbocycles. The number of carbonyl (C=O) groups is 1. The molecule has 0 aliphatic rings. The number of pyridine rings is 2. The maximum Gasteiger partial charge on any atom is 0.248 e. The van der Waals surface area contributed by atoms with E-state index in [-0.39, 0.29) is 5.82 Å². The maximum atomic E-state index is 13.2. The van der Waals surface area contributed by atoms with Crippen LogP contribution in [0, 0.1) is 5.82 Å². The number of hydrogen-bond donors (Lipinski definition) is 1. The number of nitrogens with zero attached hydrogens (tertiary/aromatic N) is 2. The minimum Gasteiger partial charge on any atom is -0.366 e. The molecule has 0 saturated carbocycles. The summed E-state index contributed by atoms with van der Waals surface area (Å²) in [7, 11) is 0. The standard InChI is InChI=1S/C16H12FN3O/c17-13-7-12-5-10(1-2-15(12)20-9-13)6-14-8-11(16(18)21)3-4-19-14/h1-5,7-9H,6H2,(H2,18,21). The van der Waals surface area contributed by atoms with Gasteiger partial charge in [-0.15, -0.1) is 0 Å². The molecule has 0 bridgehead atoms. The quantitative estimate of drug-likeness (QED) is 0.801. The molecule has 21 heavy (non-hydrogen) atoms. The first-order valence-corrected chi connectivity index (χ1v) is 6.41.